The van der Waals surface area contributed by atoms with E-state index in [1.165, 1.54) is 0 Å². The molecular formula is C15H25N3O2S. The van der Waals surface area contributed by atoms with Crippen molar-refractivity contribution < 1.29 is 8.42 Å². The van der Waals surface area contributed by atoms with E-state index in [1.54, 1.807) is 0 Å². The Bertz CT molecular complexity index is 539. The normalized spacial score (nSPS) is 12.6. The molecule has 118 valence electrons. The Balaban J connectivity index is 2.30. The van der Waals surface area contributed by atoms with Crippen molar-refractivity contribution in [1.82, 2.24) is 5.32 Å². The molecule has 1 rings (SSSR count). The van der Waals surface area contributed by atoms with Gasteiger partial charge in [-0.25, -0.2) is 8.42 Å². The van der Waals surface area contributed by atoms with Gasteiger partial charge in [0, 0.05) is 13.1 Å². The van der Waals surface area contributed by atoms with Crippen LogP contribution in [0.3, 0.4) is 0 Å². The van der Waals surface area contributed by atoms with Crippen molar-refractivity contribution in [2.45, 2.75) is 26.0 Å². The molecule has 1 aromatic carbocycles. The molecule has 0 heterocycles. The number of sulfone groups is 1. The first-order valence-electron chi connectivity index (χ1n) is 7.17. The number of nitrogens with one attached hydrogen (secondary N) is 1. The van der Waals surface area contributed by atoms with Crippen LogP contribution in [-0.4, -0.2) is 33.2 Å². The van der Waals surface area contributed by atoms with Gasteiger partial charge in [-0.05, 0) is 17.9 Å². The number of hydrogen-bond acceptors (Lipinski definition) is 3. The number of rotatable bonds is 8. The van der Waals surface area contributed by atoms with Crippen molar-refractivity contribution in [3.63, 3.8) is 0 Å². The molecule has 0 saturated carbocycles. The second-order valence-electron chi connectivity index (χ2n) is 5.48. The third-order valence-electron chi connectivity index (χ3n) is 2.79. The van der Waals surface area contributed by atoms with Gasteiger partial charge in [-0.1, -0.05) is 44.2 Å². The van der Waals surface area contributed by atoms with Crippen molar-refractivity contribution in [2.24, 2.45) is 16.6 Å². The van der Waals surface area contributed by atoms with E-state index in [0.717, 1.165) is 5.56 Å². The maximum absolute atomic E-state index is 12.0. The van der Waals surface area contributed by atoms with Crippen LogP contribution < -0.4 is 11.1 Å². The number of hydrogen-bond donors (Lipinski definition) is 2. The molecule has 0 radical (unpaired) electrons. The van der Waals surface area contributed by atoms with Crippen LogP contribution in [0.5, 0.6) is 0 Å². The molecule has 0 amide bonds. The lowest BCUT2D eigenvalue weighted by atomic mass is 10.2. The average Bonchev–Trinajstić information content (AvgIpc) is 2.42. The first-order valence-corrected chi connectivity index (χ1v) is 8.99. The van der Waals surface area contributed by atoms with E-state index in [9.17, 15) is 8.42 Å². The summed E-state index contributed by atoms with van der Waals surface area (Å²) in [6, 6.07) is 9.22. The number of nitrogens with zero attached hydrogens (tertiary/aromatic N) is 1. The molecule has 0 aliphatic heterocycles. The molecule has 0 aliphatic carbocycles. The third kappa shape index (κ3) is 8.34. The minimum Gasteiger partial charge on any atom is -0.370 e. The van der Waals surface area contributed by atoms with Gasteiger partial charge in [0.05, 0.1) is 11.5 Å². The maximum atomic E-state index is 12.0. The van der Waals surface area contributed by atoms with Gasteiger partial charge in [0.2, 0.25) is 0 Å². The van der Waals surface area contributed by atoms with Crippen LogP contribution in [0.25, 0.3) is 0 Å². The van der Waals surface area contributed by atoms with Crippen LogP contribution in [0.1, 0.15) is 25.8 Å². The van der Waals surface area contributed by atoms with Crippen LogP contribution in [0.2, 0.25) is 0 Å². The number of nitrogens with two attached hydrogens (primary N) is 1. The van der Waals surface area contributed by atoms with E-state index >= 15 is 0 Å². The van der Waals surface area contributed by atoms with Crippen LogP contribution in [-0.2, 0) is 15.6 Å². The minimum absolute atomic E-state index is 0.0881. The smallest absolute Gasteiger partial charge is 0.188 e. The van der Waals surface area contributed by atoms with Crippen LogP contribution >= 0.6 is 0 Å². The lowest BCUT2D eigenvalue weighted by Gasteiger charge is -2.07. The first kappa shape index (κ1) is 17.5. The fourth-order valence-electron chi connectivity index (χ4n) is 1.75. The maximum Gasteiger partial charge on any atom is 0.188 e. The molecule has 0 fully saturated rings. The predicted molar refractivity (Wildman–Crippen MR) is 87.9 cm³/mol. The van der Waals surface area contributed by atoms with E-state index in [4.69, 9.17) is 5.73 Å². The summed E-state index contributed by atoms with van der Waals surface area (Å²) >= 11 is 0. The van der Waals surface area contributed by atoms with Gasteiger partial charge in [0.1, 0.15) is 0 Å². The van der Waals surface area contributed by atoms with Crippen LogP contribution in [0.4, 0.5) is 0 Å². The van der Waals surface area contributed by atoms with E-state index < -0.39 is 9.84 Å². The molecule has 21 heavy (non-hydrogen) atoms. The fourth-order valence-corrected chi connectivity index (χ4v) is 3.17. The molecule has 3 N–H and O–H groups in total. The molecule has 0 saturated heterocycles. The summed E-state index contributed by atoms with van der Waals surface area (Å²) in [4.78, 5) is 4.16. The number of guanidine groups is 1. The molecule has 0 unspecified atom stereocenters. The highest BCUT2D eigenvalue weighted by molar-refractivity contribution is 7.90. The Kier molecular flexibility index (Phi) is 7.22. The highest BCUT2D eigenvalue weighted by atomic mass is 32.2. The molecule has 0 bridgehead atoms. The summed E-state index contributed by atoms with van der Waals surface area (Å²) in [5.41, 5.74) is 6.51. The van der Waals surface area contributed by atoms with Gasteiger partial charge in [0.15, 0.2) is 15.8 Å². The third-order valence-corrected chi connectivity index (χ3v) is 4.48. The van der Waals surface area contributed by atoms with Gasteiger partial charge in [-0.2, -0.15) is 0 Å². The minimum atomic E-state index is -3.08. The van der Waals surface area contributed by atoms with E-state index in [0.29, 0.717) is 31.4 Å². The largest absolute Gasteiger partial charge is 0.370 e. The summed E-state index contributed by atoms with van der Waals surface area (Å²) in [6.45, 7) is 5.31. The Morgan fingerprint density at radius 2 is 1.95 bits per heavy atom. The first-order chi connectivity index (χ1) is 9.89. The zero-order valence-electron chi connectivity index (χ0n) is 12.7. The van der Waals surface area contributed by atoms with Gasteiger partial charge in [-0.15, -0.1) is 0 Å². The second-order valence-corrected chi connectivity index (χ2v) is 7.66. The van der Waals surface area contributed by atoms with Crippen LogP contribution in [0, 0.1) is 5.92 Å². The lowest BCUT2D eigenvalue weighted by molar-refractivity contribution is 0.591. The Morgan fingerprint density at radius 3 is 2.57 bits per heavy atom. The quantitative estimate of drug-likeness (QED) is 0.433. The molecule has 6 heteroatoms. The monoisotopic (exact) mass is 311 g/mol. The van der Waals surface area contributed by atoms with Gasteiger partial charge >= 0.3 is 0 Å². The SMILES string of the molecule is CC(C)CN=C(N)NCCCS(=O)(=O)Cc1ccccc1. The molecule has 0 aliphatic rings. The van der Waals surface area contributed by atoms with Crippen molar-refractivity contribution in [3.05, 3.63) is 35.9 Å². The molecule has 1 aromatic rings. The van der Waals surface area contributed by atoms with Crippen molar-refractivity contribution in [3.8, 4) is 0 Å². The van der Waals surface area contributed by atoms with Crippen molar-refractivity contribution >= 4 is 15.8 Å². The van der Waals surface area contributed by atoms with Gasteiger partial charge < -0.3 is 11.1 Å². The standard InChI is InChI=1S/C15H25N3O2S/c1-13(2)11-18-15(16)17-9-6-10-21(19,20)12-14-7-4-3-5-8-14/h3-5,7-8,13H,6,9-12H2,1-2H3,(H3,16,17,18). The Hall–Kier alpha value is -1.56. The van der Waals surface area contributed by atoms with E-state index in [-0.39, 0.29) is 11.5 Å². The lowest BCUT2D eigenvalue weighted by Crippen LogP contribution is -2.33. The van der Waals surface area contributed by atoms with Crippen molar-refractivity contribution in [2.75, 3.05) is 18.8 Å². The number of aliphatic imine (C=N–C) groups is 1. The molecule has 0 atom stereocenters. The summed E-state index contributed by atoms with van der Waals surface area (Å²) < 4.78 is 23.9. The predicted octanol–water partition coefficient (Wildman–Crippen LogP) is 1.55. The van der Waals surface area contributed by atoms with Crippen LogP contribution in [0.15, 0.2) is 35.3 Å². The molecule has 0 aromatic heterocycles. The average molecular weight is 311 g/mol. The van der Waals surface area contributed by atoms with Gasteiger partial charge in [0.25, 0.3) is 0 Å². The van der Waals surface area contributed by atoms with Gasteiger partial charge in [-0.3, -0.25) is 4.99 Å². The summed E-state index contributed by atoms with van der Waals surface area (Å²) in [5, 5.41) is 2.94. The topological polar surface area (TPSA) is 84.5 Å². The Morgan fingerprint density at radius 1 is 1.29 bits per heavy atom. The zero-order valence-corrected chi connectivity index (χ0v) is 13.6. The fraction of sp³-hybridized carbons (Fsp3) is 0.533. The summed E-state index contributed by atoms with van der Waals surface area (Å²) in [6.07, 6.45) is 0.521. The molecule has 0 spiro atoms. The van der Waals surface area contributed by atoms with Crippen molar-refractivity contribution in [1.29, 1.82) is 0 Å². The zero-order chi connectivity index (χ0) is 15.7. The van der Waals surface area contributed by atoms with E-state index in [2.05, 4.69) is 24.2 Å². The Labute approximate surface area is 127 Å². The summed E-state index contributed by atoms with van der Waals surface area (Å²) in [7, 11) is -3.08. The molecular weight excluding hydrogens is 286 g/mol. The molecule has 5 nitrogen and oxygen atoms in total. The highest BCUT2D eigenvalue weighted by Gasteiger charge is 2.11. The second kappa shape index (κ2) is 8.67. The summed E-state index contributed by atoms with van der Waals surface area (Å²) in [5.74, 6) is 1.07. The highest BCUT2D eigenvalue weighted by Crippen LogP contribution is 2.06. The number of benzene rings is 1. The van der Waals surface area contributed by atoms with E-state index in [1.807, 2.05) is 30.3 Å².